The summed E-state index contributed by atoms with van der Waals surface area (Å²) in [5, 5.41) is 14.6. The molecule has 0 spiro atoms. The fraction of sp³-hybridized carbons (Fsp3) is 0.593. The van der Waals surface area contributed by atoms with Crippen molar-refractivity contribution in [2.45, 2.75) is 25.8 Å². The van der Waals surface area contributed by atoms with Gasteiger partial charge in [0.25, 0.3) is 11.8 Å². The van der Waals surface area contributed by atoms with Crippen LogP contribution in [0.2, 0.25) is 0 Å². The van der Waals surface area contributed by atoms with Crippen molar-refractivity contribution in [2.24, 2.45) is 15.6 Å². The van der Waals surface area contributed by atoms with Crippen molar-refractivity contribution in [1.82, 2.24) is 15.5 Å². The first-order chi connectivity index (χ1) is 22.2. The standard InChI is InChI=1S/C27H36N10O9/c1-27(15-43-11-9-32-35-28,16-44-12-10-33-36-29)17-45-13-14-46-26(42)31-8-7-30-19-4-2-3-18-22(19)25(41)37(24(18)40)20-5-6-21(38)34-23(20)39/h2-4,20,30H,5-17H2,1H3,(H,31,42)(H,34,38,39). The van der Waals surface area contributed by atoms with Crippen LogP contribution in [-0.2, 0) is 28.5 Å². The summed E-state index contributed by atoms with van der Waals surface area (Å²) in [5.74, 6) is -2.40. The Kier molecular flexibility index (Phi) is 14.0. The van der Waals surface area contributed by atoms with E-state index in [0.29, 0.717) is 5.69 Å². The van der Waals surface area contributed by atoms with E-state index in [1.165, 1.54) is 6.07 Å². The first-order valence-electron chi connectivity index (χ1n) is 14.4. The lowest BCUT2D eigenvalue weighted by Crippen LogP contribution is -2.54. The largest absolute Gasteiger partial charge is 0.447 e. The number of rotatable bonds is 20. The average molecular weight is 645 g/mol. The van der Waals surface area contributed by atoms with E-state index < -0.39 is 41.2 Å². The highest BCUT2D eigenvalue weighted by Crippen LogP contribution is 2.32. The van der Waals surface area contributed by atoms with Gasteiger partial charge in [0.05, 0.1) is 50.8 Å². The van der Waals surface area contributed by atoms with Crippen molar-refractivity contribution in [2.75, 3.05) is 77.7 Å². The Morgan fingerprint density at radius 2 is 1.63 bits per heavy atom. The minimum absolute atomic E-state index is 0.0225. The third-order valence-electron chi connectivity index (χ3n) is 6.79. The molecular weight excluding hydrogens is 608 g/mol. The molecule has 3 rings (SSSR count). The average Bonchev–Trinajstić information content (AvgIpc) is 3.28. The van der Waals surface area contributed by atoms with Crippen LogP contribution in [-0.4, -0.2) is 113 Å². The number of hydrogen-bond donors (Lipinski definition) is 3. The molecule has 1 atom stereocenters. The van der Waals surface area contributed by atoms with Gasteiger partial charge in [0.1, 0.15) is 12.6 Å². The monoisotopic (exact) mass is 644 g/mol. The number of carbonyl (C=O) groups is 5. The summed E-state index contributed by atoms with van der Waals surface area (Å²) in [6.07, 6.45) is -0.614. The molecule has 0 bridgehead atoms. The molecule has 1 fully saturated rings. The molecule has 19 heteroatoms. The Bertz CT molecular complexity index is 1350. The first-order valence-corrected chi connectivity index (χ1v) is 14.4. The molecule has 1 unspecified atom stereocenters. The molecule has 1 saturated heterocycles. The van der Waals surface area contributed by atoms with Gasteiger partial charge in [-0.1, -0.05) is 23.2 Å². The summed E-state index contributed by atoms with van der Waals surface area (Å²) in [5.41, 5.74) is 16.8. The smallest absolute Gasteiger partial charge is 0.407 e. The van der Waals surface area contributed by atoms with E-state index >= 15 is 0 Å². The number of anilines is 1. The van der Waals surface area contributed by atoms with Gasteiger partial charge >= 0.3 is 6.09 Å². The van der Waals surface area contributed by atoms with Crippen LogP contribution in [0.25, 0.3) is 20.9 Å². The lowest BCUT2D eigenvalue weighted by molar-refractivity contribution is -0.136. The van der Waals surface area contributed by atoms with Gasteiger partial charge in [0, 0.05) is 53.5 Å². The van der Waals surface area contributed by atoms with Crippen molar-refractivity contribution < 1.29 is 42.9 Å². The van der Waals surface area contributed by atoms with Crippen LogP contribution in [0.4, 0.5) is 10.5 Å². The zero-order chi connectivity index (χ0) is 33.4. The summed E-state index contributed by atoms with van der Waals surface area (Å²) in [6, 6.07) is 3.63. The second kappa shape index (κ2) is 18.1. The topological polar surface area (TPSA) is 259 Å². The van der Waals surface area contributed by atoms with Crippen molar-refractivity contribution in [3.63, 3.8) is 0 Å². The minimum Gasteiger partial charge on any atom is -0.447 e. The summed E-state index contributed by atoms with van der Waals surface area (Å²) < 4.78 is 21.9. The molecule has 5 amide bonds. The van der Waals surface area contributed by atoms with E-state index in [9.17, 15) is 24.0 Å². The minimum atomic E-state index is -1.07. The van der Waals surface area contributed by atoms with Crippen LogP contribution < -0.4 is 16.0 Å². The van der Waals surface area contributed by atoms with E-state index in [0.717, 1.165) is 4.90 Å². The second-order valence-corrected chi connectivity index (χ2v) is 10.5. The zero-order valence-corrected chi connectivity index (χ0v) is 25.3. The van der Waals surface area contributed by atoms with Crippen LogP contribution in [0.1, 0.15) is 40.5 Å². The fourth-order valence-corrected chi connectivity index (χ4v) is 4.65. The van der Waals surface area contributed by atoms with Crippen molar-refractivity contribution in [3.8, 4) is 0 Å². The Morgan fingerprint density at radius 1 is 0.978 bits per heavy atom. The van der Waals surface area contributed by atoms with E-state index in [4.69, 9.17) is 30.0 Å². The van der Waals surface area contributed by atoms with Crippen molar-refractivity contribution >= 4 is 35.4 Å². The highest BCUT2D eigenvalue weighted by atomic mass is 16.6. The quantitative estimate of drug-likeness (QED) is 0.0610. The molecular formula is C27H36N10O9. The number of piperidine rings is 1. The third-order valence-corrected chi connectivity index (χ3v) is 6.79. The Balaban J connectivity index is 1.38. The van der Waals surface area contributed by atoms with Crippen molar-refractivity contribution in [1.29, 1.82) is 0 Å². The van der Waals surface area contributed by atoms with Gasteiger partial charge in [-0.25, -0.2) is 4.79 Å². The van der Waals surface area contributed by atoms with Gasteiger partial charge in [-0.2, -0.15) is 0 Å². The summed E-state index contributed by atoms with van der Waals surface area (Å²) in [6.45, 7) is 3.72. The van der Waals surface area contributed by atoms with E-state index in [1.807, 2.05) is 6.92 Å². The number of nitrogens with one attached hydrogen (secondary N) is 3. The van der Waals surface area contributed by atoms with Gasteiger partial charge < -0.3 is 29.6 Å². The number of benzene rings is 1. The lowest BCUT2D eigenvalue weighted by Gasteiger charge is -2.29. The number of amides is 5. The molecule has 46 heavy (non-hydrogen) atoms. The van der Waals surface area contributed by atoms with Gasteiger partial charge in [-0.3, -0.25) is 29.4 Å². The molecule has 248 valence electrons. The normalized spacial score (nSPS) is 16.9. The zero-order valence-electron chi connectivity index (χ0n) is 25.3. The van der Waals surface area contributed by atoms with Crippen LogP contribution in [0, 0.1) is 5.41 Å². The predicted molar refractivity (Wildman–Crippen MR) is 160 cm³/mol. The molecule has 1 aromatic rings. The molecule has 19 nitrogen and oxygen atoms in total. The highest BCUT2D eigenvalue weighted by Gasteiger charge is 2.45. The van der Waals surface area contributed by atoms with Gasteiger partial charge in [0.2, 0.25) is 11.8 Å². The van der Waals surface area contributed by atoms with E-state index in [1.54, 1.807) is 12.1 Å². The SMILES string of the molecule is CC(COCCN=[N+]=[N-])(COCCN=[N+]=[N-])COCCOC(=O)NCCNc1cccc2c1C(=O)N(C1CCC(=O)NC1=O)C2=O. The maximum Gasteiger partial charge on any atom is 0.407 e. The van der Waals surface area contributed by atoms with Gasteiger partial charge in [-0.15, -0.1) is 0 Å². The van der Waals surface area contributed by atoms with Crippen molar-refractivity contribution in [3.05, 3.63) is 50.2 Å². The highest BCUT2D eigenvalue weighted by molar-refractivity contribution is 6.25. The number of ether oxygens (including phenoxy) is 4. The molecule has 2 aliphatic heterocycles. The summed E-state index contributed by atoms with van der Waals surface area (Å²) in [4.78, 5) is 68.3. The molecule has 3 N–H and O–H groups in total. The Labute approximate surface area is 263 Å². The molecule has 1 aromatic carbocycles. The van der Waals surface area contributed by atoms with E-state index in [2.05, 4.69) is 36.0 Å². The van der Waals surface area contributed by atoms with Gasteiger partial charge in [0.15, 0.2) is 0 Å². The van der Waals surface area contributed by atoms with Crippen LogP contribution in [0.5, 0.6) is 0 Å². The Morgan fingerprint density at radius 3 is 2.26 bits per heavy atom. The van der Waals surface area contributed by atoms with Crippen LogP contribution in [0.15, 0.2) is 28.4 Å². The molecule has 0 aromatic heterocycles. The summed E-state index contributed by atoms with van der Waals surface area (Å²) >= 11 is 0. The number of carbonyl (C=O) groups excluding carboxylic acids is 5. The number of hydrogen-bond acceptors (Lipinski definition) is 12. The van der Waals surface area contributed by atoms with Crippen LogP contribution in [0.3, 0.4) is 0 Å². The maximum absolute atomic E-state index is 13.2. The molecule has 2 aliphatic rings. The fourth-order valence-electron chi connectivity index (χ4n) is 4.65. The van der Waals surface area contributed by atoms with E-state index in [-0.39, 0.29) is 96.4 Å². The predicted octanol–water partition coefficient (Wildman–Crippen LogP) is 1.90. The second-order valence-electron chi connectivity index (χ2n) is 10.5. The Hall–Kier alpha value is -4.93. The number of fused-ring (bicyclic) bond motifs is 1. The van der Waals surface area contributed by atoms with Gasteiger partial charge in [-0.05, 0) is 29.6 Å². The molecule has 0 aliphatic carbocycles. The lowest BCUT2D eigenvalue weighted by atomic mass is 9.94. The third kappa shape index (κ3) is 10.3. The maximum atomic E-state index is 13.2. The number of imide groups is 2. The summed E-state index contributed by atoms with van der Waals surface area (Å²) in [7, 11) is 0. The number of alkyl carbamates (subject to hydrolysis) is 1. The molecule has 2 heterocycles. The molecule has 0 saturated carbocycles. The number of azide groups is 2. The molecule has 0 radical (unpaired) electrons. The van der Waals surface area contributed by atoms with Crippen LogP contribution >= 0.6 is 0 Å². The first kappa shape index (κ1) is 35.5. The number of nitrogens with zero attached hydrogens (tertiary/aromatic N) is 7.